The number of methoxy groups -OCH3 is 1. The molecule has 0 aliphatic rings. The monoisotopic (exact) mass is 296 g/mol. The number of likely N-dealkylation sites (N-methyl/N-ethyl adjacent to an activating group) is 2. The Bertz CT molecular complexity index is 448. The SMILES string of the molecule is CCN(CC)C(C)(CC)C(NC)c1ccc(OC)c(F)c1. The van der Waals surface area contributed by atoms with Crippen LogP contribution >= 0.6 is 0 Å². The third-order valence-electron chi connectivity index (χ3n) is 4.62. The fourth-order valence-corrected chi connectivity index (χ4v) is 3.26. The van der Waals surface area contributed by atoms with Crippen molar-refractivity contribution in [3.8, 4) is 5.75 Å². The van der Waals surface area contributed by atoms with Gasteiger partial charge >= 0.3 is 0 Å². The summed E-state index contributed by atoms with van der Waals surface area (Å²) in [4.78, 5) is 2.43. The second-order valence-corrected chi connectivity index (χ2v) is 5.50. The molecule has 1 rings (SSSR count). The van der Waals surface area contributed by atoms with Crippen LogP contribution in [0.15, 0.2) is 18.2 Å². The molecule has 2 unspecified atom stereocenters. The second-order valence-electron chi connectivity index (χ2n) is 5.50. The van der Waals surface area contributed by atoms with Crippen LogP contribution in [0.2, 0.25) is 0 Å². The molecule has 3 nitrogen and oxygen atoms in total. The first-order chi connectivity index (χ1) is 9.98. The number of nitrogens with one attached hydrogen (secondary N) is 1. The minimum atomic E-state index is -0.312. The number of benzene rings is 1. The molecule has 0 saturated heterocycles. The van der Waals surface area contributed by atoms with Crippen LogP contribution in [0.5, 0.6) is 5.75 Å². The van der Waals surface area contributed by atoms with E-state index in [0.717, 1.165) is 25.1 Å². The van der Waals surface area contributed by atoms with Gasteiger partial charge < -0.3 is 10.1 Å². The summed E-state index contributed by atoms with van der Waals surface area (Å²) in [5.41, 5.74) is 0.881. The summed E-state index contributed by atoms with van der Waals surface area (Å²) in [5.74, 6) is -0.0251. The number of rotatable bonds is 8. The van der Waals surface area contributed by atoms with Crippen LogP contribution in [-0.2, 0) is 0 Å². The largest absolute Gasteiger partial charge is 0.494 e. The van der Waals surface area contributed by atoms with Gasteiger partial charge in [0.1, 0.15) is 0 Å². The summed E-state index contributed by atoms with van der Waals surface area (Å²) < 4.78 is 19.0. The minimum absolute atomic E-state index is 0.0582. The first-order valence-corrected chi connectivity index (χ1v) is 7.74. The van der Waals surface area contributed by atoms with Crippen molar-refractivity contribution < 1.29 is 9.13 Å². The number of ether oxygens (including phenoxy) is 1. The van der Waals surface area contributed by atoms with Gasteiger partial charge in [-0.25, -0.2) is 4.39 Å². The highest BCUT2D eigenvalue weighted by molar-refractivity contribution is 5.32. The molecule has 0 amide bonds. The Morgan fingerprint density at radius 1 is 1.29 bits per heavy atom. The van der Waals surface area contributed by atoms with Crippen LogP contribution in [0.25, 0.3) is 0 Å². The normalized spacial score (nSPS) is 15.8. The molecule has 0 fully saturated rings. The van der Waals surface area contributed by atoms with Crippen LogP contribution in [0.3, 0.4) is 0 Å². The van der Waals surface area contributed by atoms with Crippen molar-refractivity contribution >= 4 is 0 Å². The molecule has 0 spiro atoms. The highest BCUT2D eigenvalue weighted by Gasteiger charge is 2.37. The van der Waals surface area contributed by atoms with E-state index < -0.39 is 0 Å². The quantitative estimate of drug-likeness (QED) is 0.793. The average Bonchev–Trinajstić information content (AvgIpc) is 2.49. The number of nitrogens with zero attached hydrogens (tertiary/aromatic N) is 1. The van der Waals surface area contributed by atoms with Gasteiger partial charge in [-0.1, -0.05) is 26.8 Å². The summed E-state index contributed by atoms with van der Waals surface area (Å²) in [6.45, 7) is 10.7. The lowest BCUT2D eigenvalue weighted by atomic mass is 9.82. The van der Waals surface area contributed by atoms with Gasteiger partial charge in [0.25, 0.3) is 0 Å². The molecule has 120 valence electrons. The van der Waals surface area contributed by atoms with Crippen molar-refractivity contribution in [2.75, 3.05) is 27.2 Å². The Labute approximate surface area is 128 Å². The van der Waals surface area contributed by atoms with E-state index >= 15 is 0 Å². The summed E-state index contributed by atoms with van der Waals surface area (Å²) in [6, 6.07) is 5.29. The summed E-state index contributed by atoms with van der Waals surface area (Å²) in [6.07, 6.45) is 0.980. The molecular formula is C17H29FN2O. The van der Waals surface area contributed by atoms with Crippen LogP contribution in [0.1, 0.15) is 45.7 Å². The fourth-order valence-electron chi connectivity index (χ4n) is 3.26. The number of halogens is 1. The molecule has 0 aliphatic heterocycles. The smallest absolute Gasteiger partial charge is 0.165 e. The van der Waals surface area contributed by atoms with Crippen molar-refractivity contribution in [1.29, 1.82) is 0 Å². The van der Waals surface area contributed by atoms with Gasteiger partial charge in [-0.15, -0.1) is 0 Å². The average molecular weight is 296 g/mol. The van der Waals surface area contributed by atoms with Crippen LogP contribution < -0.4 is 10.1 Å². The third kappa shape index (κ3) is 3.55. The molecule has 1 N–H and O–H groups in total. The maximum atomic E-state index is 14.0. The van der Waals surface area contributed by atoms with E-state index in [9.17, 15) is 4.39 Å². The Balaban J connectivity index is 3.23. The van der Waals surface area contributed by atoms with Crippen molar-refractivity contribution in [1.82, 2.24) is 10.2 Å². The zero-order chi connectivity index (χ0) is 16.0. The molecule has 0 radical (unpaired) electrons. The molecule has 21 heavy (non-hydrogen) atoms. The van der Waals surface area contributed by atoms with E-state index in [4.69, 9.17) is 4.74 Å². The molecule has 0 aliphatic carbocycles. The summed E-state index contributed by atoms with van der Waals surface area (Å²) in [5, 5.41) is 3.37. The fraction of sp³-hybridized carbons (Fsp3) is 0.647. The first-order valence-electron chi connectivity index (χ1n) is 7.74. The molecule has 1 aromatic rings. The zero-order valence-electron chi connectivity index (χ0n) is 14.2. The van der Waals surface area contributed by atoms with Crippen LogP contribution in [0.4, 0.5) is 4.39 Å². The third-order valence-corrected chi connectivity index (χ3v) is 4.62. The van der Waals surface area contributed by atoms with Crippen molar-refractivity contribution in [3.05, 3.63) is 29.6 Å². The van der Waals surface area contributed by atoms with E-state index in [2.05, 4.69) is 37.9 Å². The summed E-state index contributed by atoms with van der Waals surface area (Å²) in [7, 11) is 3.42. The molecule has 1 aromatic carbocycles. The molecule has 2 atom stereocenters. The van der Waals surface area contributed by atoms with Gasteiger partial charge in [-0.2, -0.15) is 0 Å². The van der Waals surface area contributed by atoms with E-state index in [0.29, 0.717) is 0 Å². The molecule has 0 saturated carbocycles. The molecule has 0 aromatic heterocycles. The Kier molecular flexibility index (Phi) is 6.62. The first kappa shape index (κ1) is 17.9. The number of hydrogen-bond acceptors (Lipinski definition) is 3. The van der Waals surface area contributed by atoms with Crippen molar-refractivity contribution in [2.45, 2.75) is 45.7 Å². The molecule has 4 heteroatoms. The van der Waals surface area contributed by atoms with Crippen LogP contribution in [0, 0.1) is 5.82 Å². The van der Waals surface area contributed by atoms with E-state index in [1.165, 1.54) is 7.11 Å². The molecule has 0 heterocycles. The topological polar surface area (TPSA) is 24.5 Å². The summed E-state index contributed by atoms with van der Waals surface area (Å²) >= 11 is 0. The lowest BCUT2D eigenvalue weighted by molar-refractivity contribution is 0.0727. The van der Waals surface area contributed by atoms with E-state index in [1.807, 2.05) is 13.1 Å². The maximum Gasteiger partial charge on any atom is 0.165 e. The minimum Gasteiger partial charge on any atom is -0.494 e. The predicted molar refractivity (Wildman–Crippen MR) is 86.4 cm³/mol. The van der Waals surface area contributed by atoms with E-state index in [-0.39, 0.29) is 23.1 Å². The van der Waals surface area contributed by atoms with Crippen molar-refractivity contribution in [3.63, 3.8) is 0 Å². The second kappa shape index (κ2) is 7.76. The number of hydrogen-bond donors (Lipinski definition) is 1. The van der Waals surface area contributed by atoms with Gasteiger partial charge in [0, 0.05) is 5.54 Å². The lowest BCUT2D eigenvalue weighted by Crippen LogP contribution is -2.53. The van der Waals surface area contributed by atoms with E-state index in [1.54, 1.807) is 12.1 Å². The van der Waals surface area contributed by atoms with Gasteiger partial charge in [0.05, 0.1) is 13.2 Å². The van der Waals surface area contributed by atoms with Gasteiger partial charge in [0.15, 0.2) is 11.6 Å². The van der Waals surface area contributed by atoms with Gasteiger partial charge in [-0.3, -0.25) is 4.90 Å². The van der Waals surface area contributed by atoms with Gasteiger partial charge in [0.2, 0.25) is 0 Å². The Hall–Kier alpha value is -1.13. The van der Waals surface area contributed by atoms with Gasteiger partial charge in [-0.05, 0) is 51.2 Å². The zero-order valence-corrected chi connectivity index (χ0v) is 14.2. The lowest BCUT2D eigenvalue weighted by Gasteiger charge is -2.46. The highest BCUT2D eigenvalue weighted by Crippen LogP contribution is 2.35. The van der Waals surface area contributed by atoms with Crippen molar-refractivity contribution in [2.24, 2.45) is 0 Å². The Morgan fingerprint density at radius 2 is 1.90 bits per heavy atom. The highest BCUT2D eigenvalue weighted by atomic mass is 19.1. The molecule has 0 bridgehead atoms. The standard InChI is InChI=1S/C17H29FN2O/c1-7-17(4,20(8-2)9-3)16(19-5)13-10-11-15(21-6)14(18)12-13/h10-12,16,19H,7-9H2,1-6H3. The molecular weight excluding hydrogens is 267 g/mol. The Morgan fingerprint density at radius 3 is 2.29 bits per heavy atom. The van der Waals surface area contributed by atoms with Crippen LogP contribution in [-0.4, -0.2) is 37.7 Å². The predicted octanol–water partition coefficient (Wildman–Crippen LogP) is 3.61. The maximum absolute atomic E-state index is 14.0.